The summed E-state index contributed by atoms with van der Waals surface area (Å²) in [7, 11) is 0. The fraction of sp³-hybridized carbons (Fsp3) is 0.800. The zero-order valence-electron chi connectivity index (χ0n) is 4.52. The number of hydrogen-bond donors (Lipinski definition) is 0. The summed E-state index contributed by atoms with van der Waals surface area (Å²) in [6.07, 6.45) is 1.70. The van der Waals surface area contributed by atoms with E-state index in [1.165, 1.54) is 0 Å². The Balaban J connectivity index is 3.16. The van der Waals surface area contributed by atoms with Crippen LogP contribution in [0.3, 0.4) is 0 Å². The fourth-order valence-electron chi connectivity index (χ4n) is 0.320. The normalized spacial score (nSPS) is 9.57. The van der Waals surface area contributed by atoms with E-state index in [-0.39, 0.29) is 5.25 Å². The van der Waals surface area contributed by atoms with E-state index in [1.807, 2.05) is 6.92 Å². The van der Waals surface area contributed by atoms with Gasteiger partial charge in [0.2, 0.25) is 5.25 Å². The highest BCUT2D eigenvalue weighted by molar-refractivity contribution is 7.66. The van der Waals surface area contributed by atoms with Crippen molar-refractivity contribution in [3.63, 3.8) is 0 Å². The van der Waals surface area contributed by atoms with Gasteiger partial charge in [-0.1, -0.05) is 6.92 Å². The summed E-state index contributed by atoms with van der Waals surface area (Å²) < 4.78 is 9.97. The Morgan fingerprint density at radius 1 is 1.86 bits per heavy atom. The van der Waals surface area contributed by atoms with Crippen LogP contribution >= 0.6 is 0 Å². The predicted octanol–water partition coefficient (Wildman–Crippen LogP) is 1.42. The first kappa shape index (κ1) is 7.02. The molecule has 2 heteroatoms. The summed E-state index contributed by atoms with van der Waals surface area (Å²) >= 11 is 0.657. The lowest BCUT2D eigenvalue weighted by molar-refractivity contribution is 0.595. The van der Waals surface area contributed by atoms with Gasteiger partial charge in [-0.2, -0.15) is 0 Å². The summed E-state index contributed by atoms with van der Waals surface area (Å²) in [5, 5.41) is 0.236. The van der Waals surface area contributed by atoms with Crippen LogP contribution in [-0.4, -0.2) is 5.25 Å². The van der Waals surface area contributed by atoms with Crippen LogP contribution in [0, 0.1) is 6.92 Å². The van der Waals surface area contributed by atoms with E-state index in [0.717, 1.165) is 12.8 Å². The van der Waals surface area contributed by atoms with Crippen molar-refractivity contribution in [1.82, 2.24) is 0 Å². The van der Waals surface area contributed by atoms with Crippen molar-refractivity contribution in [2.45, 2.75) is 25.0 Å². The van der Waals surface area contributed by atoms with Crippen LogP contribution in [0.2, 0.25) is 0 Å². The van der Waals surface area contributed by atoms with Gasteiger partial charge < -0.3 is 0 Å². The molecule has 0 aromatic heterocycles. The van der Waals surface area contributed by atoms with E-state index in [1.54, 1.807) is 0 Å². The van der Waals surface area contributed by atoms with Gasteiger partial charge in [-0.3, -0.25) is 0 Å². The molecule has 0 aliphatic rings. The van der Waals surface area contributed by atoms with Crippen molar-refractivity contribution < 1.29 is 4.21 Å². The van der Waals surface area contributed by atoms with Crippen molar-refractivity contribution in [3.05, 3.63) is 6.92 Å². The Bertz CT molecular complexity index is 50.0. The van der Waals surface area contributed by atoms with Crippen molar-refractivity contribution in [2.24, 2.45) is 0 Å². The van der Waals surface area contributed by atoms with E-state index >= 15 is 0 Å². The van der Waals surface area contributed by atoms with E-state index in [2.05, 4.69) is 6.92 Å². The minimum absolute atomic E-state index is 0.236. The molecular formula is C5H10OS+. The third-order valence-corrected chi connectivity index (χ3v) is 1.75. The summed E-state index contributed by atoms with van der Waals surface area (Å²) in [6, 6.07) is 0. The molecule has 0 rings (SSSR count). The van der Waals surface area contributed by atoms with Crippen LogP contribution in [0.15, 0.2) is 0 Å². The Kier molecular flexibility index (Phi) is 4.20. The summed E-state index contributed by atoms with van der Waals surface area (Å²) in [4.78, 5) is 0. The molecule has 1 unspecified atom stereocenters. The molecule has 0 aromatic carbocycles. The van der Waals surface area contributed by atoms with Gasteiger partial charge in [0.25, 0.3) is 0 Å². The molecule has 1 nitrogen and oxygen atoms in total. The zero-order chi connectivity index (χ0) is 5.70. The minimum atomic E-state index is 0.236. The molecule has 41 valence electrons. The van der Waals surface area contributed by atoms with Crippen LogP contribution in [0.1, 0.15) is 19.8 Å². The van der Waals surface area contributed by atoms with Crippen molar-refractivity contribution in [2.75, 3.05) is 0 Å². The van der Waals surface area contributed by atoms with E-state index < -0.39 is 0 Å². The molecule has 0 aliphatic carbocycles. The Hall–Kier alpha value is 0.0200. The van der Waals surface area contributed by atoms with Crippen molar-refractivity contribution in [3.8, 4) is 0 Å². The van der Waals surface area contributed by atoms with Gasteiger partial charge in [-0.15, -0.1) is 0 Å². The smallest absolute Gasteiger partial charge is 0.0598 e. The standard InChI is InChI=1S/C5H10OS/c1-3-5(4-2)7-6/h5H,1,3-4H2,2H3/q+1. The van der Waals surface area contributed by atoms with E-state index in [9.17, 15) is 4.21 Å². The molecule has 0 bridgehead atoms. The molecule has 0 amide bonds. The van der Waals surface area contributed by atoms with Crippen LogP contribution in [0.25, 0.3) is 0 Å². The van der Waals surface area contributed by atoms with Crippen LogP contribution in [0.5, 0.6) is 0 Å². The molecule has 0 aromatic rings. The largest absolute Gasteiger partial charge is 0.462 e. The molecule has 7 heavy (non-hydrogen) atoms. The molecule has 1 radical (unpaired) electrons. The predicted molar refractivity (Wildman–Crippen MR) is 32.1 cm³/mol. The third kappa shape index (κ3) is 2.68. The van der Waals surface area contributed by atoms with Crippen LogP contribution < -0.4 is 0 Å². The maximum atomic E-state index is 9.97. The summed E-state index contributed by atoms with van der Waals surface area (Å²) in [5.74, 6) is 0. The van der Waals surface area contributed by atoms with Gasteiger partial charge in [0.1, 0.15) is 0 Å². The van der Waals surface area contributed by atoms with Gasteiger partial charge in [0.15, 0.2) is 0 Å². The molecule has 0 N–H and O–H groups in total. The Morgan fingerprint density at radius 2 is 2.43 bits per heavy atom. The van der Waals surface area contributed by atoms with Crippen LogP contribution in [0.4, 0.5) is 0 Å². The lowest BCUT2D eigenvalue weighted by Gasteiger charge is -1.83. The molecular weight excluding hydrogens is 108 g/mol. The molecule has 0 heterocycles. The second-order valence-electron chi connectivity index (χ2n) is 1.42. The Labute approximate surface area is 48.6 Å². The van der Waals surface area contributed by atoms with Gasteiger partial charge in [-0.25, -0.2) is 0 Å². The highest BCUT2D eigenvalue weighted by Gasteiger charge is 2.14. The first-order valence-electron chi connectivity index (χ1n) is 2.43. The maximum Gasteiger partial charge on any atom is 0.462 e. The first-order valence-corrected chi connectivity index (χ1v) is 3.23. The number of rotatable bonds is 3. The summed E-state index contributed by atoms with van der Waals surface area (Å²) in [5.41, 5.74) is 0. The third-order valence-electron chi connectivity index (χ3n) is 0.913. The molecule has 0 spiro atoms. The summed E-state index contributed by atoms with van der Waals surface area (Å²) in [6.45, 7) is 5.61. The SMILES string of the molecule is [CH2]CC(CC)[S+]=O. The molecule has 0 fully saturated rings. The average Bonchev–Trinajstić information content (AvgIpc) is 1.72. The minimum Gasteiger partial charge on any atom is -0.0598 e. The second-order valence-corrected chi connectivity index (χ2v) is 2.27. The molecule has 0 aliphatic heterocycles. The van der Waals surface area contributed by atoms with Gasteiger partial charge in [0, 0.05) is 17.1 Å². The van der Waals surface area contributed by atoms with Crippen LogP contribution in [-0.2, 0) is 15.9 Å². The fourth-order valence-corrected chi connectivity index (χ4v) is 0.553. The van der Waals surface area contributed by atoms with Crippen molar-refractivity contribution in [1.29, 1.82) is 0 Å². The average molecular weight is 118 g/mol. The van der Waals surface area contributed by atoms with Crippen molar-refractivity contribution >= 4 is 11.7 Å². The lowest BCUT2D eigenvalue weighted by Crippen LogP contribution is -1.99. The zero-order valence-corrected chi connectivity index (χ0v) is 5.33. The number of hydrogen-bond acceptors (Lipinski definition) is 1. The van der Waals surface area contributed by atoms with E-state index in [4.69, 9.17) is 0 Å². The molecule has 0 saturated carbocycles. The van der Waals surface area contributed by atoms with E-state index in [0.29, 0.717) is 11.7 Å². The lowest BCUT2D eigenvalue weighted by atomic mass is 10.3. The molecule has 1 atom stereocenters. The topological polar surface area (TPSA) is 17.1 Å². The van der Waals surface area contributed by atoms with Gasteiger partial charge in [-0.05, 0) is 6.92 Å². The van der Waals surface area contributed by atoms with Gasteiger partial charge in [0.05, 0.1) is 0 Å². The van der Waals surface area contributed by atoms with Gasteiger partial charge >= 0.3 is 11.7 Å². The quantitative estimate of drug-likeness (QED) is 0.512. The monoisotopic (exact) mass is 118 g/mol. The highest BCUT2D eigenvalue weighted by Crippen LogP contribution is 1.96. The molecule has 0 saturated heterocycles. The Morgan fingerprint density at radius 3 is 2.43 bits per heavy atom. The first-order chi connectivity index (χ1) is 3.35. The second kappa shape index (κ2) is 4.19. The maximum absolute atomic E-state index is 9.97. The highest BCUT2D eigenvalue weighted by atomic mass is 32.1.